The van der Waals surface area contributed by atoms with E-state index in [1.54, 1.807) is 0 Å². The number of hydrogen-bond donors (Lipinski definition) is 0. The summed E-state index contributed by atoms with van der Waals surface area (Å²) in [5, 5.41) is 0. The van der Waals surface area contributed by atoms with Crippen LogP contribution in [-0.2, 0) is 0 Å². The first-order valence-corrected chi connectivity index (χ1v) is 7.09. The quantitative estimate of drug-likeness (QED) is 0.631. The molecule has 1 saturated carbocycles. The molecule has 0 amide bonds. The first kappa shape index (κ1) is 12.1. The van der Waals surface area contributed by atoms with Gasteiger partial charge in [0.25, 0.3) is 0 Å². The zero-order valence-corrected chi connectivity index (χ0v) is 11.6. The van der Waals surface area contributed by atoms with Crippen LogP contribution in [0.4, 0.5) is 0 Å². The van der Waals surface area contributed by atoms with E-state index in [-0.39, 0.29) is 0 Å². The van der Waals surface area contributed by atoms with E-state index >= 15 is 0 Å². The topological polar surface area (TPSA) is 3.01 Å². The molecule has 0 N–H and O–H groups in total. The van der Waals surface area contributed by atoms with Crippen LogP contribution in [0, 0.1) is 35.5 Å². The Balaban J connectivity index is 2.11. The van der Waals surface area contributed by atoms with E-state index in [0.717, 1.165) is 35.5 Å². The molecule has 0 aromatic carbocycles. The van der Waals surface area contributed by atoms with Gasteiger partial charge in [-0.1, -0.05) is 34.1 Å². The van der Waals surface area contributed by atoms with Crippen LogP contribution in [-0.4, -0.2) is 24.4 Å². The molecule has 0 aromatic heterocycles. The zero-order valence-electron chi connectivity index (χ0n) is 11.6. The van der Waals surface area contributed by atoms with Gasteiger partial charge in [-0.05, 0) is 30.1 Å². The molecule has 0 spiro atoms. The average molecular weight is 222 g/mol. The molecule has 16 heavy (non-hydrogen) atoms. The van der Waals surface area contributed by atoms with Gasteiger partial charge in [0, 0.05) is 11.8 Å². The second kappa shape index (κ2) is 4.50. The van der Waals surface area contributed by atoms with Crippen molar-refractivity contribution in [3.8, 4) is 0 Å². The van der Waals surface area contributed by atoms with Crippen molar-refractivity contribution in [1.82, 2.24) is 0 Å². The maximum atomic E-state index is 2.51. The van der Waals surface area contributed by atoms with Crippen molar-refractivity contribution in [2.24, 2.45) is 35.5 Å². The second-order valence-electron chi connectivity index (χ2n) is 6.43. The Bertz CT molecular complexity index is 281. The molecule has 2 unspecified atom stereocenters. The van der Waals surface area contributed by atoms with Crippen LogP contribution in [0.1, 0.15) is 40.5 Å². The molecule has 1 heterocycles. The summed E-state index contributed by atoms with van der Waals surface area (Å²) in [6, 6.07) is 0. The fourth-order valence-corrected chi connectivity index (χ4v) is 4.25. The number of rotatable bonds is 2. The van der Waals surface area contributed by atoms with Gasteiger partial charge in [0.2, 0.25) is 0 Å². The molecule has 92 valence electrons. The molecule has 0 radical (unpaired) electrons. The van der Waals surface area contributed by atoms with Crippen LogP contribution in [0.15, 0.2) is 0 Å². The Kier molecular flexibility index (Phi) is 3.42. The summed E-state index contributed by atoms with van der Waals surface area (Å²) in [5.74, 6) is 5.48. The van der Waals surface area contributed by atoms with Gasteiger partial charge >= 0.3 is 0 Å². The highest BCUT2D eigenvalue weighted by Crippen LogP contribution is 2.47. The van der Waals surface area contributed by atoms with E-state index in [1.165, 1.54) is 19.4 Å². The third kappa shape index (κ3) is 1.94. The monoisotopic (exact) mass is 222 g/mol. The van der Waals surface area contributed by atoms with Gasteiger partial charge < -0.3 is 0 Å². The normalized spacial score (nSPS) is 48.4. The molecular formula is C15H28N+. The second-order valence-corrected chi connectivity index (χ2v) is 6.43. The third-order valence-electron chi connectivity index (χ3n) is 5.50. The van der Waals surface area contributed by atoms with Crippen LogP contribution in [0.25, 0.3) is 0 Å². The maximum Gasteiger partial charge on any atom is 0.145 e. The van der Waals surface area contributed by atoms with E-state index < -0.39 is 0 Å². The van der Waals surface area contributed by atoms with Gasteiger partial charge in [0.05, 0.1) is 0 Å². The lowest BCUT2D eigenvalue weighted by molar-refractivity contribution is -0.489. The lowest BCUT2D eigenvalue weighted by Crippen LogP contribution is -2.24. The van der Waals surface area contributed by atoms with E-state index in [1.807, 2.05) is 0 Å². The highest BCUT2D eigenvalue weighted by molar-refractivity contribution is 5.58. The fraction of sp³-hybridized carbons (Fsp3) is 0.933. The molecule has 1 nitrogen and oxygen atoms in total. The van der Waals surface area contributed by atoms with Gasteiger partial charge in [-0.3, -0.25) is 0 Å². The fourth-order valence-electron chi connectivity index (χ4n) is 4.25. The summed E-state index contributed by atoms with van der Waals surface area (Å²) in [4.78, 5) is 0. The van der Waals surface area contributed by atoms with Gasteiger partial charge in [0.15, 0.2) is 0 Å². The first-order chi connectivity index (χ1) is 7.54. The van der Waals surface area contributed by atoms with Crippen molar-refractivity contribution >= 4 is 6.21 Å². The summed E-state index contributed by atoms with van der Waals surface area (Å²) in [5.41, 5.74) is 0. The van der Waals surface area contributed by atoms with E-state index in [0.29, 0.717) is 0 Å². The standard InChI is InChI=1S/C15H28N/c1-6-13-7-14(12(4)11(13)3)15-9-16(5)8-10(15)2/h9-15H,6-8H2,1-5H3/q+1/t10?,11-,12+,13-,14-,15?/m0/s1. The van der Waals surface area contributed by atoms with Gasteiger partial charge in [-0.15, -0.1) is 0 Å². The highest BCUT2D eigenvalue weighted by Gasteiger charge is 2.45. The van der Waals surface area contributed by atoms with Crippen LogP contribution >= 0.6 is 0 Å². The van der Waals surface area contributed by atoms with Gasteiger partial charge in [-0.25, -0.2) is 4.58 Å². The SMILES string of the molecule is CC[C@H]1C[C@H](C2C=[N+](C)CC2C)[C@H](C)[C@@H]1C. The van der Waals surface area contributed by atoms with Crippen LogP contribution in [0.3, 0.4) is 0 Å². The lowest BCUT2D eigenvalue weighted by atomic mass is 9.78. The predicted molar refractivity (Wildman–Crippen MR) is 70.0 cm³/mol. The van der Waals surface area contributed by atoms with Crippen molar-refractivity contribution in [3.05, 3.63) is 0 Å². The molecular weight excluding hydrogens is 194 g/mol. The summed E-state index contributed by atoms with van der Waals surface area (Å²) >= 11 is 0. The summed E-state index contributed by atoms with van der Waals surface area (Å²) in [6.45, 7) is 11.0. The molecule has 1 aliphatic carbocycles. The number of nitrogens with zero attached hydrogens (tertiary/aromatic N) is 1. The smallest absolute Gasteiger partial charge is 0.145 e. The molecule has 2 aliphatic rings. The van der Waals surface area contributed by atoms with Crippen molar-refractivity contribution in [2.45, 2.75) is 40.5 Å². The van der Waals surface area contributed by atoms with Crippen LogP contribution < -0.4 is 0 Å². The van der Waals surface area contributed by atoms with Crippen LogP contribution in [0.2, 0.25) is 0 Å². The van der Waals surface area contributed by atoms with Crippen LogP contribution in [0.5, 0.6) is 0 Å². The largest absolute Gasteiger partial charge is 0.242 e. The zero-order chi connectivity index (χ0) is 11.9. The van der Waals surface area contributed by atoms with E-state index in [4.69, 9.17) is 0 Å². The summed E-state index contributed by atoms with van der Waals surface area (Å²) in [6.07, 6.45) is 5.35. The first-order valence-electron chi connectivity index (χ1n) is 7.09. The minimum absolute atomic E-state index is 0.846. The Hall–Kier alpha value is -0.330. The molecule has 1 fully saturated rings. The van der Waals surface area contributed by atoms with Gasteiger partial charge in [0.1, 0.15) is 19.8 Å². The van der Waals surface area contributed by atoms with Crippen molar-refractivity contribution in [2.75, 3.05) is 13.6 Å². The Morgan fingerprint density at radius 3 is 2.31 bits per heavy atom. The van der Waals surface area contributed by atoms with E-state index in [9.17, 15) is 0 Å². The van der Waals surface area contributed by atoms with Crippen molar-refractivity contribution < 1.29 is 4.58 Å². The summed E-state index contributed by atoms with van der Waals surface area (Å²) in [7, 11) is 2.23. The lowest BCUT2D eigenvalue weighted by Gasteiger charge is -2.23. The van der Waals surface area contributed by atoms with Crippen molar-refractivity contribution in [3.63, 3.8) is 0 Å². The molecule has 0 bridgehead atoms. The summed E-state index contributed by atoms with van der Waals surface area (Å²) < 4.78 is 2.41. The Labute approximate surface area is 101 Å². The average Bonchev–Trinajstić information content (AvgIpc) is 2.70. The molecule has 1 heteroatoms. The van der Waals surface area contributed by atoms with E-state index in [2.05, 4.69) is 45.5 Å². The molecule has 1 aliphatic heterocycles. The third-order valence-corrected chi connectivity index (χ3v) is 5.50. The minimum atomic E-state index is 0.846. The van der Waals surface area contributed by atoms with Crippen molar-refractivity contribution in [1.29, 1.82) is 0 Å². The molecule has 0 saturated heterocycles. The molecule has 6 atom stereocenters. The molecule has 2 rings (SSSR count). The van der Waals surface area contributed by atoms with Gasteiger partial charge in [-0.2, -0.15) is 0 Å². The Morgan fingerprint density at radius 2 is 1.88 bits per heavy atom. The maximum absolute atomic E-state index is 2.51. The minimum Gasteiger partial charge on any atom is -0.242 e. The predicted octanol–water partition coefficient (Wildman–Crippen LogP) is 3.28. The highest BCUT2D eigenvalue weighted by atomic mass is 15.0. The number of hydrogen-bond acceptors (Lipinski definition) is 0. The molecule has 0 aromatic rings. The Morgan fingerprint density at radius 1 is 1.19 bits per heavy atom.